The molecule has 1 aromatic heterocycles. The summed E-state index contributed by atoms with van der Waals surface area (Å²) in [6.07, 6.45) is 1.60. The molecular weight excluding hydrogens is 342 g/mol. The molecule has 0 unspecified atom stereocenters. The standard InChI is InChI=1S/C21H23N3O3/c1-26-17-8-6-15(7-9-17)14-22-20(25)16-10-12-24(13-11-16)21-23-18-4-2-3-5-19(18)27-21/h2-9,16H,10-14H2,1H3,(H,22,25). The molecule has 0 bridgehead atoms. The number of para-hydroxylation sites is 2. The predicted octanol–water partition coefficient (Wildman–Crippen LogP) is 3.37. The van der Waals surface area contributed by atoms with Gasteiger partial charge in [-0.15, -0.1) is 0 Å². The molecule has 1 aliphatic rings. The molecule has 140 valence electrons. The molecule has 0 saturated carbocycles. The fourth-order valence-electron chi connectivity index (χ4n) is 3.41. The lowest BCUT2D eigenvalue weighted by atomic mass is 9.96. The Kier molecular flexibility index (Phi) is 4.96. The number of anilines is 1. The topological polar surface area (TPSA) is 67.6 Å². The van der Waals surface area contributed by atoms with E-state index < -0.39 is 0 Å². The summed E-state index contributed by atoms with van der Waals surface area (Å²) >= 11 is 0. The van der Waals surface area contributed by atoms with E-state index in [1.54, 1.807) is 7.11 Å². The molecule has 1 aliphatic heterocycles. The van der Waals surface area contributed by atoms with Crippen LogP contribution in [0.1, 0.15) is 18.4 Å². The molecule has 0 atom stereocenters. The number of ether oxygens (including phenoxy) is 1. The number of amides is 1. The number of fused-ring (bicyclic) bond motifs is 1. The third kappa shape index (κ3) is 3.89. The highest BCUT2D eigenvalue weighted by Gasteiger charge is 2.27. The summed E-state index contributed by atoms with van der Waals surface area (Å²) in [6, 6.07) is 16.1. The van der Waals surface area contributed by atoms with Gasteiger partial charge < -0.3 is 19.4 Å². The largest absolute Gasteiger partial charge is 0.497 e. The van der Waals surface area contributed by atoms with E-state index in [4.69, 9.17) is 9.15 Å². The number of oxazole rings is 1. The van der Waals surface area contributed by atoms with Crippen molar-refractivity contribution in [3.8, 4) is 5.75 Å². The summed E-state index contributed by atoms with van der Waals surface area (Å²) in [4.78, 5) is 19.1. The Labute approximate surface area is 158 Å². The van der Waals surface area contributed by atoms with Gasteiger partial charge in [-0.2, -0.15) is 4.98 Å². The number of nitrogens with zero attached hydrogens (tertiary/aromatic N) is 2. The Balaban J connectivity index is 1.29. The molecule has 6 heteroatoms. The highest BCUT2D eigenvalue weighted by molar-refractivity contribution is 5.79. The van der Waals surface area contributed by atoms with Gasteiger partial charge in [-0.05, 0) is 42.7 Å². The summed E-state index contributed by atoms with van der Waals surface area (Å²) < 4.78 is 11.0. The van der Waals surface area contributed by atoms with Crippen molar-refractivity contribution in [2.45, 2.75) is 19.4 Å². The number of carbonyl (C=O) groups is 1. The molecule has 4 rings (SSSR count). The second-order valence-corrected chi connectivity index (χ2v) is 6.79. The van der Waals surface area contributed by atoms with Gasteiger partial charge in [-0.25, -0.2) is 0 Å². The molecule has 27 heavy (non-hydrogen) atoms. The maximum absolute atomic E-state index is 12.5. The van der Waals surface area contributed by atoms with Crippen LogP contribution in [-0.4, -0.2) is 31.1 Å². The number of rotatable bonds is 5. The molecule has 3 aromatic rings. The van der Waals surface area contributed by atoms with E-state index >= 15 is 0 Å². The van der Waals surface area contributed by atoms with Crippen molar-refractivity contribution < 1.29 is 13.9 Å². The van der Waals surface area contributed by atoms with Gasteiger partial charge in [0.15, 0.2) is 5.58 Å². The van der Waals surface area contributed by atoms with Crippen molar-refractivity contribution in [3.05, 3.63) is 54.1 Å². The molecule has 2 heterocycles. The molecule has 2 aromatic carbocycles. The number of carbonyl (C=O) groups excluding carboxylic acids is 1. The molecular formula is C21H23N3O3. The van der Waals surface area contributed by atoms with Crippen molar-refractivity contribution in [2.75, 3.05) is 25.1 Å². The minimum Gasteiger partial charge on any atom is -0.497 e. The number of piperidine rings is 1. The fraction of sp³-hybridized carbons (Fsp3) is 0.333. The number of benzene rings is 2. The van der Waals surface area contributed by atoms with E-state index in [0.717, 1.165) is 48.3 Å². The first-order chi connectivity index (χ1) is 13.2. The van der Waals surface area contributed by atoms with Crippen LogP contribution >= 0.6 is 0 Å². The number of hydrogen-bond donors (Lipinski definition) is 1. The molecule has 0 aliphatic carbocycles. The van der Waals surface area contributed by atoms with Crippen LogP contribution in [0, 0.1) is 5.92 Å². The average Bonchev–Trinajstić information content (AvgIpc) is 3.17. The van der Waals surface area contributed by atoms with Crippen LogP contribution in [0.15, 0.2) is 52.9 Å². The Morgan fingerprint density at radius 2 is 1.93 bits per heavy atom. The van der Waals surface area contributed by atoms with E-state index in [9.17, 15) is 4.79 Å². The lowest BCUT2D eigenvalue weighted by Crippen LogP contribution is -2.40. The first-order valence-corrected chi connectivity index (χ1v) is 9.24. The maximum atomic E-state index is 12.5. The number of aromatic nitrogens is 1. The molecule has 0 spiro atoms. The second kappa shape index (κ2) is 7.70. The Morgan fingerprint density at radius 3 is 2.63 bits per heavy atom. The van der Waals surface area contributed by atoms with Crippen LogP contribution in [0.4, 0.5) is 6.01 Å². The molecule has 6 nitrogen and oxygen atoms in total. The van der Waals surface area contributed by atoms with Crippen LogP contribution < -0.4 is 15.0 Å². The normalized spacial score (nSPS) is 15.1. The molecule has 1 amide bonds. The van der Waals surface area contributed by atoms with Gasteiger partial charge in [-0.1, -0.05) is 24.3 Å². The van der Waals surface area contributed by atoms with Crippen molar-refractivity contribution in [2.24, 2.45) is 5.92 Å². The number of methoxy groups -OCH3 is 1. The van der Waals surface area contributed by atoms with Gasteiger partial charge >= 0.3 is 0 Å². The lowest BCUT2D eigenvalue weighted by molar-refractivity contribution is -0.125. The first-order valence-electron chi connectivity index (χ1n) is 9.24. The van der Waals surface area contributed by atoms with E-state index in [-0.39, 0.29) is 11.8 Å². The Bertz CT molecular complexity index is 879. The van der Waals surface area contributed by atoms with E-state index in [0.29, 0.717) is 12.6 Å². The smallest absolute Gasteiger partial charge is 0.298 e. The monoisotopic (exact) mass is 365 g/mol. The summed E-state index contributed by atoms with van der Waals surface area (Å²) in [6.45, 7) is 2.08. The summed E-state index contributed by atoms with van der Waals surface area (Å²) in [5.41, 5.74) is 2.73. The van der Waals surface area contributed by atoms with Gasteiger partial charge in [-0.3, -0.25) is 4.79 Å². The van der Waals surface area contributed by atoms with Gasteiger partial charge in [0.1, 0.15) is 11.3 Å². The lowest BCUT2D eigenvalue weighted by Gasteiger charge is -2.30. The van der Waals surface area contributed by atoms with Gasteiger partial charge in [0, 0.05) is 25.6 Å². The summed E-state index contributed by atoms with van der Waals surface area (Å²) in [5.74, 6) is 0.962. The SMILES string of the molecule is COc1ccc(CNC(=O)C2CCN(c3nc4ccccc4o3)CC2)cc1. The second-order valence-electron chi connectivity index (χ2n) is 6.79. The highest BCUT2D eigenvalue weighted by atomic mass is 16.5. The highest BCUT2D eigenvalue weighted by Crippen LogP contribution is 2.26. The Hall–Kier alpha value is -3.02. The van der Waals surface area contributed by atoms with Crippen LogP contribution in [0.3, 0.4) is 0 Å². The van der Waals surface area contributed by atoms with Crippen molar-refractivity contribution in [3.63, 3.8) is 0 Å². The van der Waals surface area contributed by atoms with Crippen LogP contribution in [0.2, 0.25) is 0 Å². The molecule has 0 radical (unpaired) electrons. The predicted molar refractivity (Wildman–Crippen MR) is 104 cm³/mol. The van der Waals surface area contributed by atoms with E-state index in [2.05, 4.69) is 15.2 Å². The van der Waals surface area contributed by atoms with Crippen molar-refractivity contribution in [1.82, 2.24) is 10.3 Å². The first kappa shape index (κ1) is 17.4. The number of nitrogens with one attached hydrogen (secondary N) is 1. The van der Waals surface area contributed by atoms with Gasteiger partial charge in [0.2, 0.25) is 5.91 Å². The van der Waals surface area contributed by atoms with Gasteiger partial charge in [0.05, 0.1) is 7.11 Å². The Morgan fingerprint density at radius 1 is 1.19 bits per heavy atom. The third-order valence-corrected chi connectivity index (χ3v) is 5.04. The minimum atomic E-state index is 0.0314. The van der Waals surface area contributed by atoms with Crippen molar-refractivity contribution in [1.29, 1.82) is 0 Å². The van der Waals surface area contributed by atoms with Crippen molar-refractivity contribution >= 4 is 23.0 Å². The summed E-state index contributed by atoms with van der Waals surface area (Å²) in [7, 11) is 1.64. The zero-order valence-corrected chi connectivity index (χ0v) is 15.4. The zero-order valence-electron chi connectivity index (χ0n) is 15.4. The fourth-order valence-corrected chi connectivity index (χ4v) is 3.41. The average molecular weight is 365 g/mol. The molecule has 1 N–H and O–H groups in total. The van der Waals surface area contributed by atoms with Crippen LogP contribution in [0.25, 0.3) is 11.1 Å². The third-order valence-electron chi connectivity index (χ3n) is 5.04. The van der Waals surface area contributed by atoms with E-state index in [1.165, 1.54) is 0 Å². The molecule has 1 saturated heterocycles. The van der Waals surface area contributed by atoms with Crippen LogP contribution in [-0.2, 0) is 11.3 Å². The van der Waals surface area contributed by atoms with Gasteiger partial charge in [0.25, 0.3) is 6.01 Å². The maximum Gasteiger partial charge on any atom is 0.298 e. The van der Waals surface area contributed by atoms with Crippen LogP contribution in [0.5, 0.6) is 5.75 Å². The minimum absolute atomic E-state index is 0.0314. The quantitative estimate of drug-likeness (QED) is 0.751. The zero-order chi connectivity index (χ0) is 18.6. The molecule has 1 fully saturated rings. The van der Waals surface area contributed by atoms with E-state index in [1.807, 2.05) is 48.5 Å². The number of hydrogen-bond acceptors (Lipinski definition) is 5. The summed E-state index contributed by atoms with van der Waals surface area (Å²) in [5, 5.41) is 3.04.